The molecule has 2 aliphatic heterocycles. The summed E-state index contributed by atoms with van der Waals surface area (Å²) in [7, 11) is -7.46. The van der Waals surface area contributed by atoms with Crippen LogP contribution in [-0.4, -0.2) is 22.6 Å². The lowest BCUT2D eigenvalue weighted by atomic mass is 9.83. The van der Waals surface area contributed by atoms with Gasteiger partial charge in [0.15, 0.2) is 7.26 Å². The summed E-state index contributed by atoms with van der Waals surface area (Å²) in [6.07, 6.45) is 1.07. The fourth-order valence-corrected chi connectivity index (χ4v) is 11.5. The fourth-order valence-electron chi connectivity index (χ4n) is 7.26. The molecule has 0 aliphatic carbocycles. The van der Waals surface area contributed by atoms with Gasteiger partial charge < -0.3 is 13.9 Å². The smallest absolute Gasteiger partial charge is 0.262 e. The SMILES string of the molecule is O=c1cccc2n1CC1CC2CN(c2oc(-c3ccccc3)nc2[P+](c2ccccc2)(c2ccccc2)c2ccccc2)C1.[O-][Cl+3]([O-])([O-])[O-]. The Hall–Kier alpha value is -4.60. The van der Waals surface area contributed by atoms with Gasteiger partial charge in [0.1, 0.15) is 15.9 Å². The van der Waals surface area contributed by atoms with Crippen molar-refractivity contribution in [3.05, 3.63) is 156 Å². The summed E-state index contributed by atoms with van der Waals surface area (Å²) < 4.78 is 42.9. The maximum atomic E-state index is 12.8. The second-order valence-electron chi connectivity index (χ2n) is 12.2. The Bertz CT molecular complexity index is 1970. The van der Waals surface area contributed by atoms with Gasteiger partial charge in [-0.25, -0.2) is 18.6 Å². The normalized spacial score (nSPS) is 17.1. The summed E-state index contributed by atoms with van der Waals surface area (Å²) in [5.41, 5.74) is 3.17. The molecule has 2 aliphatic rings. The van der Waals surface area contributed by atoms with Crippen LogP contribution in [0.3, 0.4) is 0 Å². The Morgan fingerprint density at radius 1 is 0.653 bits per heavy atom. The maximum Gasteiger partial charge on any atom is 0.262 e. The number of rotatable bonds is 6. The highest BCUT2D eigenvalue weighted by Gasteiger charge is 2.54. The van der Waals surface area contributed by atoms with E-state index in [-0.39, 0.29) is 11.5 Å². The number of oxazole rings is 1. The van der Waals surface area contributed by atoms with E-state index in [4.69, 9.17) is 28.0 Å². The van der Waals surface area contributed by atoms with Crippen LogP contribution in [0.2, 0.25) is 0 Å². The number of pyridine rings is 1. The highest BCUT2D eigenvalue weighted by molar-refractivity contribution is 8.01. The lowest BCUT2D eigenvalue weighted by Gasteiger charge is -2.42. The van der Waals surface area contributed by atoms with Crippen molar-refractivity contribution in [2.45, 2.75) is 18.9 Å². The molecule has 4 heterocycles. The highest BCUT2D eigenvalue weighted by Crippen LogP contribution is 2.56. The molecule has 8 rings (SSSR count). The van der Waals surface area contributed by atoms with Crippen LogP contribution in [0.4, 0.5) is 5.88 Å². The lowest BCUT2D eigenvalue weighted by Crippen LogP contribution is -2.68. The van der Waals surface area contributed by atoms with Gasteiger partial charge in [0.25, 0.3) is 16.9 Å². The average Bonchev–Trinajstić information content (AvgIpc) is 3.56. The molecule has 49 heavy (non-hydrogen) atoms. The quantitative estimate of drug-likeness (QED) is 0.235. The van der Waals surface area contributed by atoms with Gasteiger partial charge in [0, 0.05) is 42.9 Å². The number of anilines is 1. The second-order valence-corrected chi connectivity index (χ2v) is 16.2. The van der Waals surface area contributed by atoms with Crippen molar-refractivity contribution in [3.8, 4) is 11.5 Å². The van der Waals surface area contributed by atoms with Crippen LogP contribution >= 0.6 is 7.26 Å². The number of halogens is 1. The van der Waals surface area contributed by atoms with E-state index in [1.54, 1.807) is 6.07 Å². The van der Waals surface area contributed by atoms with Gasteiger partial charge in [-0.2, -0.15) is 4.98 Å². The third kappa shape index (κ3) is 6.70. The molecule has 6 aromatic rings. The fraction of sp³-hybridized carbons (Fsp3) is 0.158. The third-order valence-corrected chi connectivity index (χ3v) is 13.3. The Morgan fingerprint density at radius 3 is 1.69 bits per heavy atom. The summed E-state index contributed by atoms with van der Waals surface area (Å²) in [6.45, 7) is 2.31. The molecule has 11 heteroatoms. The van der Waals surface area contributed by atoms with Gasteiger partial charge in [-0.1, -0.05) is 78.9 Å². The van der Waals surface area contributed by atoms with E-state index in [1.165, 1.54) is 15.9 Å². The molecule has 9 nitrogen and oxygen atoms in total. The first-order valence-corrected chi connectivity index (χ1v) is 18.9. The molecule has 2 atom stereocenters. The highest BCUT2D eigenvalue weighted by atomic mass is 35.7. The molecule has 1 fully saturated rings. The zero-order valence-electron chi connectivity index (χ0n) is 26.4. The van der Waals surface area contributed by atoms with E-state index >= 15 is 0 Å². The minimum atomic E-state index is -4.94. The predicted octanol–water partition coefficient (Wildman–Crippen LogP) is 0.990. The van der Waals surface area contributed by atoms with Gasteiger partial charge >= 0.3 is 0 Å². The molecule has 2 aromatic heterocycles. The minimum absolute atomic E-state index is 0.0968. The summed E-state index contributed by atoms with van der Waals surface area (Å²) in [5.74, 6) is 2.06. The third-order valence-electron chi connectivity index (χ3n) is 9.13. The molecule has 248 valence electrons. The van der Waals surface area contributed by atoms with Gasteiger partial charge in [0.2, 0.25) is 5.89 Å². The zero-order valence-corrected chi connectivity index (χ0v) is 28.0. The van der Waals surface area contributed by atoms with Gasteiger partial charge in [-0.05, 0) is 66.9 Å². The largest absolute Gasteiger partial charge is 0.416 e. The first-order valence-electron chi connectivity index (χ1n) is 15.9. The Balaban J connectivity index is 0.000000707. The molecule has 0 amide bonds. The van der Waals surface area contributed by atoms with Crippen LogP contribution in [0, 0.1) is 16.2 Å². The molecule has 0 radical (unpaired) electrons. The number of benzene rings is 4. The summed E-state index contributed by atoms with van der Waals surface area (Å²) >= 11 is 0. The Kier molecular flexibility index (Phi) is 9.22. The molecule has 1 saturated heterocycles. The second kappa shape index (κ2) is 13.7. The molecular formula is C38H33ClN3O6P. The average molecular weight is 694 g/mol. The number of hydrogen-bond donors (Lipinski definition) is 0. The number of fused-ring (bicyclic) bond motifs is 4. The summed E-state index contributed by atoms with van der Waals surface area (Å²) in [6, 6.07) is 48.5. The first-order chi connectivity index (χ1) is 23.7. The van der Waals surface area contributed by atoms with E-state index in [0.29, 0.717) is 11.8 Å². The Labute approximate surface area is 286 Å². The maximum absolute atomic E-state index is 12.8. The van der Waals surface area contributed by atoms with Crippen molar-refractivity contribution in [1.82, 2.24) is 9.55 Å². The topological polar surface area (TPSA) is 144 Å². The number of aromatic nitrogens is 2. The monoisotopic (exact) mass is 693 g/mol. The summed E-state index contributed by atoms with van der Waals surface area (Å²) in [4.78, 5) is 20.7. The molecule has 0 N–H and O–H groups in total. The number of hydrogen-bond acceptors (Lipinski definition) is 8. The Morgan fingerprint density at radius 2 is 1.16 bits per heavy atom. The van der Waals surface area contributed by atoms with Crippen LogP contribution in [0.15, 0.2) is 149 Å². The number of nitrogens with zero attached hydrogens (tertiary/aromatic N) is 3. The zero-order chi connectivity index (χ0) is 34.0. The van der Waals surface area contributed by atoms with Gasteiger partial charge in [-0.15, -0.1) is 10.2 Å². The molecule has 2 bridgehead atoms. The van der Waals surface area contributed by atoms with Crippen LogP contribution in [0.5, 0.6) is 0 Å². The van der Waals surface area contributed by atoms with Crippen LogP contribution in [0.1, 0.15) is 18.0 Å². The standard InChI is InChI=1S/C38H33N3O2P.ClHO4/c42-35-23-13-22-34-30-24-28(26-41(34)35)25-40(27-30)38-37(39-36(43-38)29-14-5-1-6-15-29)44(31-16-7-2-8-17-31,32-18-9-3-10-19-32)33-20-11-4-12-21-33;2-1(3,4)5/h1-23,28,30H,24-27H2;(H,2,3,4,5)/q+1;/p-1. The first kappa shape index (κ1) is 32.9. The van der Waals surface area contributed by atoms with E-state index < -0.39 is 17.5 Å². The van der Waals surface area contributed by atoms with Gasteiger partial charge in [0.05, 0.1) is 0 Å². The van der Waals surface area contributed by atoms with Crippen molar-refractivity contribution in [2.75, 3.05) is 18.0 Å². The van der Waals surface area contributed by atoms with E-state index in [1.807, 2.05) is 28.8 Å². The molecule has 2 unspecified atom stereocenters. The lowest BCUT2D eigenvalue weighted by molar-refractivity contribution is -2.00. The predicted molar refractivity (Wildman–Crippen MR) is 180 cm³/mol. The van der Waals surface area contributed by atoms with Crippen molar-refractivity contribution in [2.24, 2.45) is 5.92 Å². The van der Waals surface area contributed by atoms with Gasteiger partial charge in [-0.3, -0.25) is 4.79 Å². The van der Waals surface area contributed by atoms with Crippen molar-refractivity contribution in [1.29, 1.82) is 0 Å². The van der Waals surface area contributed by atoms with E-state index in [0.717, 1.165) is 48.6 Å². The van der Waals surface area contributed by atoms with Crippen molar-refractivity contribution in [3.63, 3.8) is 0 Å². The summed E-state index contributed by atoms with van der Waals surface area (Å²) in [5, 5.41) is 3.71. The van der Waals surface area contributed by atoms with Crippen LogP contribution in [0.25, 0.3) is 11.5 Å². The molecular weight excluding hydrogens is 661 g/mol. The number of piperidine rings is 1. The van der Waals surface area contributed by atoms with Crippen LogP contribution < -0.4 is 50.4 Å². The van der Waals surface area contributed by atoms with E-state index in [2.05, 4.69) is 114 Å². The van der Waals surface area contributed by atoms with Crippen molar-refractivity contribution >= 4 is 34.5 Å². The van der Waals surface area contributed by atoms with Crippen molar-refractivity contribution < 1.29 is 33.3 Å². The molecule has 4 aromatic carbocycles. The van der Waals surface area contributed by atoms with Crippen LogP contribution in [-0.2, 0) is 6.54 Å². The minimum Gasteiger partial charge on any atom is -0.416 e. The molecule has 0 spiro atoms. The van der Waals surface area contributed by atoms with E-state index in [9.17, 15) is 4.79 Å². The molecule has 0 saturated carbocycles.